The molecule has 1 amide bonds. The molecule has 3 N–H and O–H groups in total. The van der Waals surface area contributed by atoms with Crippen molar-refractivity contribution in [3.63, 3.8) is 0 Å². The third-order valence-corrected chi connectivity index (χ3v) is 3.78. The highest BCUT2D eigenvalue weighted by Crippen LogP contribution is 2.18. The van der Waals surface area contributed by atoms with Crippen LogP contribution in [0.2, 0.25) is 0 Å². The van der Waals surface area contributed by atoms with E-state index in [1.165, 1.54) is 0 Å². The van der Waals surface area contributed by atoms with Gasteiger partial charge in [0.1, 0.15) is 0 Å². The van der Waals surface area contributed by atoms with Crippen LogP contribution in [0.1, 0.15) is 30.6 Å². The molecular formula is C12H16F2N2O3S. The molecule has 8 heteroatoms. The molecule has 0 aliphatic carbocycles. The van der Waals surface area contributed by atoms with Crippen molar-refractivity contribution in [1.29, 1.82) is 0 Å². The number of hydrogen-bond acceptors (Lipinski definition) is 3. The molecule has 0 aliphatic heterocycles. The molecule has 0 saturated heterocycles. The van der Waals surface area contributed by atoms with E-state index in [2.05, 4.69) is 5.32 Å². The number of nitrogens with one attached hydrogen (secondary N) is 1. The molecule has 0 bridgehead atoms. The van der Waals surface area contributed by atoms with Crippen LogP contribution in [0.4, 0.5) is 8.78 Å². The minimum atomic E-state index is -4.22. The van der Waals surface area contributed by atoms with E-state index in [0.29, 0.717) is 6.07 Å². The average molecular weight is 306 g/mol. The van der Waals surface area contributed by atoms with Crippen molar-refractivity contribution < 1.29 is 22.0 Å². The Labute approximate surface area is 116 Å². The van der Waals surface area contributed by atoms with E-state index in [9.17, 15) is 22.0 Å². The van der Waals surface area contributed by atoms with Gasteiger partial charge < -0.3 is 5.32 Å². The zero-order valence-corrected chi connectivity index (χ0v) is 11.9. The van der Waals surface area contributed by atoms with Gasteiger partial charge in [0, 0.05) is 6.54 Å². The van der Waals surface area contributed by atoms with Crippen molar-refractivity contribution in [3.8, 4) is 0 Å². The Morgan fingerprint density at radius 1 is 1.40 bits per heavy atom. The van der Waals surface area contributed by atoms with Crippen LogP contribution < -0.4 is 10.5 Å². The molecule has 0 heterocycles. The maximum atomic E-state index is 13.6. The predicted molar refractivity (Wildman–Crippen MR) is 69.5 cm³/mol. The number of hydrogen-bond donors (Lipinski definition) is 2. The van der Waals surface area contributed by atoms with E-state index in [1.54, 1.807) is 0 Å². The summed E-state index contributed by atoms with van der Waals surface area (Å²) in [6, 6.07) is 1.16. The first kappa shape index (κ1) is 16.5. The van der Waals surface area contributed by atoms with Gasteiger partial charge in [0.25, 0.3) is 5.91 Å². The van der Waals surface area contributed by atoms with Gasteiger partial charge in [-0.3, -0.25) is 4.79 Å². The second-order valence-electron chi connectivity index (χ2n) is 4.54. The largest absolute Gasteiger partial charge is 0.352 e. The van der Waals surface area contributed by atoms with Crippen LogP contribution in [0.5, 0.6) is 0 Å². The fraction of sp³-hybridized carbons (Fsp3) is 0.417. The van der Waals surface area contributed by atoms with Crippen LogP contribution in [0, 0.1) is 17.6 Å². The first-order chi connectivity index (χ1) is 9.16. The van der Waals surface area contributed by atoms with E-state index in [1.807, 2.05) is 13.8 Å². The zero-order valence-electron chi connectivity index (χ0n) is 11.1. The van der Waals surface area contributed by atoms with Gasteiger partial charge in [-0.25, -0.2) is 22.3 Å². The van der Waals surface area contributed by atoms with Crippen LogP contribution >= 0.6 is 0 Å². The number of amides is 1. The lowest BCUT2D eigenvalue weighted by atomic mass is 10.1. The fourth-order valence-electron chi connectivity index (χ4n) is 1.40. The molecule has 1 atom stereocenters. The highest BCUT2D eigenvalue weighted by Gasteiger charge is 2.21. The third kappa shape index (κ3) is 3.97. The molecule has 20 heavy (non-hydrogen) atoms. The van der Waals surface area contributed by atoms with Crippen molar-refractivity contribution in [2.75, 3.05) is 6.54 Å². The van der Waals surface area contributed by atoms with Crippen molar-refractivity contribution in [2.45, 2.75) is 25.2 Å². The first-order valence-corrected chi connectivity index (χ1v) is 7.51. The Balaban J connectivity index is 3.11. The standard InChI is InChI=1S/C12H16F2N2O3S/c1-3-7(2)6-16-12(17)9-4-8(20(15,18)19)5-10(13)11(9)14/h4-5,7H,3,6H2,1-2H3,(H,16,17)(H2,15,18,19). The molecule has 1 aromatic rings. The molecule has 0 fully saturated rings. The molecular weight excluding hydrogens is 290 g/mol. The van der Waals surface area contributed by atoms with Crippen LogP contribution in [0.25, 0.3) is 0 Å². The molecule has 0 aromatic heterocycles. The van der Waals surface area contributed by atoms with Gasteiger partial charge in [-0.05, 0) is 18.1 Å². The zero-order chi connectivity index (χ0) is 15.5. The summed E-state index contributed by atoms with van der Waals surface area (Å²) in [5.41, 5.74) is -0.683. The lowest BCUT2D eigenvalue weighted by molar-refractivity contribution is 0.0942. The smallest absolute Gasteiger partial charge is 0.254 e. The summed E-state index contributed by atoms with van der Waals surface area (Å²) >= 11 is 0. The summed E-state index contributed by atoms with van der Waals surface area (Å²) in [4.78, 5) is 11.1. The van der Waals surface area contributed by atoms with E-state index in [0.717, 1.165) is 12.5 Å². The molecule has 0 radical (unpaired) electrons. The van der Waals surface area contributed by atoms with Gasteiger partial charge in [-0.2, -0.15) is 0 Å². The van der Waals surface area contributed by atoms with Gasteiger partial charge in [0.2, 0.25) is 10.0 Å². The predicted octanol–water partition coefficient (Wildman–Crippen LogP) is 1.39. The van der Waals surface area contributed by atoms with Gasteiger partial charge in [-0.1, -0.05) is 20.3 Å². The molecule has 112 valence electrons. The number of primary sulfonamides is 1. The van der Waals surface area contributed by atoms with Crippen molar-refractivity contribution in [3.05, 3.63) is 29.3 Å². The first-order valence-electron chi connectivity index (χ1n) is 5.96. The van der Waals surface area contributed by atoms with E-state index in [-0.39, 0.29) is 12.5 Å². The molecule has 1 rings (SSSR count). The topological polar surface area (TPSA) is 89.3 Å². The van der Waals surface area contributed by atoms with Gasteiger partial charge >= 0.3 is 0 Å². The Kier molecular flexibility index (Phi) is 5.18. The van der Waals surface area contributed by atoms with Gasteiger partial charge in [0.05, 0.1) is 10.5 Å². The van der Waals surface area contributed by atoms with Gasteiger partial charge in [0.15, 0.2) is 11.6 Å². The molecule has 0 spiro atoms. The average Bonchev–Trinajstić information content (AvgIpc) is 2.37. The highest BCUT2D eigenvalue weighted by molar-refractivity contribution is 7.89. The summed E-state index contributed by atoms with van der Waals surface area (Å²) in [6.45, 7) is 4.06. The van der Waals surface area contributed by atoms with E-state index in [4.69, 9.17) is 5.14 Å². The second kappa shape index (κ2) is 6.27. The minimum absolute atomic E-state index is 0.160. The van der Waals surface area contributed by atoms with Crippen LogP contribution in [-0.4, -0.2) is 20.9 Å². The summed E-state index contributed by atoms with van der Waals surface area (Å²) in [6.07, 6.45) is 0.800. The van der Waals surface area contributed by atoms with Crippen LogP contribution in [0.3, 0.4) is 0 Å². The molecule has 1 aromatic carbocycles. The molecule has 1 unspecified atom stereocenters. The Bertz CT molecular complexity index is 617. The Hall–Kier alpha value is -1.54. The van der Waals surface area contributed by atoms with Crippen molar-refractivity contribution >= 4 is 15.9 Å². The van der Waals surface area contributed by atoms with Gasteiger partial charge in [-0.15, -0.1) is 0 Å². The summed E-state index contributed by atoms with van der Waals surface area (Å²) < 4.78 is 49.2. The quantitative estimate of drug-likeness (QED) is 0.861. The monoisotopic (exact) mass is 306 g/mol. The number of nitrogens with two attached hydrogens (primary N) is 1. The maximum Gasteiger partial charge on any atom is 0.254 e. The summed E-state index contributed by atoms with van der Waals surface area (Å²) in [5.74, 6) is -3.57. The Morgan fingerprint density at radius 2 is 2.00 bits per heavy atom. The number of rotatable bonds is 5. The molecule has 0 aliphatic rings. The Morgan fingerprint density at radius 3 is 2.50 bits per heavy atom. The lowest BCUT2D eigenvalue weighted by Gasteiger charge is -2.11. The third-order valence-electron chi connectivity index (χ3n) is 2.88. The number of carbonyl (C=O) groups is 1. The van der Waals surface area contributed by atoms with E-state index >= 15 is 0 Å². The maximum absolute atomic E-state index is 13.6. The number of halogens is 2. The second-order valence-corrected chi connectivity index (χ2v) is 6.10. The SMILES string of the molecule is CCC(C)CNC(=O)c1cc(S(N)(=O)=O)cc(F)c1F. The van der Waals surface area contributed by atoms with E-state index < -0.39 is 38.0 Å². The van der Waals surface area contributed by atoms with Crippen LogP contribution in [-0.2, 0) is 10.0 Å². The molecule has 5 nitrogen and oxygen atoms in total. The normalized spacial score (nSPS) is 13.1. The summed E-state index contributed by atoms with van der Waals surface area (Å²) in [7, 11) is -4.22. The number of carbonyl (C=O) groups excluding carboxylic acids is 1. The molecule has 0 saturated carbocycles. The lowest BCUT2D eigenvalue weighted by Crippen LogP contribution is -2.29. The fourth-order valence-corrected chi connectivity index (χ4v) is 1.95. The van der Waals surface area contributed by atoms with Crippen molar-refractivity contribution in [2.24, 2.45) is 11.1 Å². The van der Waals surface area contributed by atoms with Crippen LogP contribution in [0.15, 0.2) is 17.0 Å². The minimum Gasteiger partial charge on any atom is -0.352 e. The van der Waals surface area contributed by atoms with Crippen molar-refractivity contribution in [1.82, 2.24) is 5.32 Å². The highest BCUT2D eigenvalue weighted by atomic mass is 32.2. The summed E-state index contributed by atoms with van der Waals surface area (Å²) in [5, 5.41) is 7.25. The number of benzene rings is 1. The number of sulfonamides is 1.